The molecule has 0 aliphatic heterocycles. The van der Waals surface area contributed by atoms with Crippen molar-refractivity contribution in [2.75, 3.05) is 0 Å². The van der Waals surface area contributed by atoms with E-state index in [0.717, 1.165) is 116 Å². The first kappa shape index (κ1) is 39.6. The number of hydrogen-bond acceptors (Lipinski definition) is 5. The SMILES string of the molecule is C=Nc1c(/C=C\C)cccc1-c1ccc(-c2cc(-c3ccc(-c4cccc5cccnc45)cc3)nc(-c3cccc4nc(-c5ccc6ccccc6c5)c5ccc6ccccc6c5c34)n2)cc1. The largest absolute Gasteiger partial charge is 0.263 e. The minimum absolute atomic E-state index is 0.621. The number of hydrogen-bond donors (Lipinski definition) is 0. The molecule has 3 aromatic heterocycles. The van der Waals surface area contributed by atoms with Crippen LogP contribution in [-0.2, 0) is 0 Å². The first-order valence-electron chi connectivity index (χ1n) is 22.5. The summed E-state index contributed by atoms with van der Waals surface area (Å²) >= 11 is 0. The van der Waals surface area contributed by atoms with E-state index < -0.39 is 0 Å². The normalized spacial score (nSPS) is 11.7. The molecule has 0 saturated carbocycles. The van der Waals surface area contributed by atoms with Gasteiger partial charge in [-0.3, -0.25) is 9.98 Å². The number of pyridine rings is 2. The highest BCUT2D eigenvalue weighted by atomic mass is 14.9. The van der Waals surface area contributed by atoms with Crippen LogP contribution in [0.5, 0.6) is 0 Å². The molecule has 0 radical (unpaired) electrons. The van der Waals surface area contributed by atoms with Gasteiger partial charge in [-0.25, -0.2) is 15.0 Å². The zero-order chi connectivity index (χ0) is 44.8. The van der Waals surface area contributed by atoms with E-state index in [2.05, 4.69) is 212 Å². The second-order valence-electron chi connectivity index (χ2n) is 16.8. The van der Waals surface area contributed by atoms with E-state index in [9.17, 15) is 0 Å². The molecule has 3 heterocycles. The van der Waals surface area contributed by atoms with Gasteiger partial charge in [0.2, 0.25) is 0 Å². The Labute approximate surface area is 388 Å². The summed E-state index contributed by atoms with van der Waals surface area (Å²) in [5, 5.41) is 9.01. The molecule has 314 valence electrons. The van der Waals surface area contributed by atoms with Gasteiger partial charge in [0.05, 0.1) is 33.8 Å². The molecule has 5 heteroatoms. The van der Waals surface area contributed by atoms with Crippen molar-refractivity contribution in [3.8, 4) is 67.4 Å². The van der Waals surface area contributed by atoms with E-state index >= 15 is 0 Å². The van der Waals surface area contributed by atoms with Gasteiger partial charge in [-0.1, -0.05) is 188 Å². The lowest BCUT2D eigenvalue weighted by Gasteiger charge is -2.16. The Morgan fingerprint density at radius 2 is 1.06 bits per heavy atom. The van der Waals surface area contributed by atoms with Crippen LogP contribution in [0.2, 0.25) is 0 Å². The smallest absolute Gasteiger partial charge is 0.161 e. The van der Waals surface area contributed by atoms with Crippen molar-refractivity contribution in [3.05, 3.63) is 218 Å². The number of fused-ring (bicyclic) bond motifs is 7. The highest BCUT2D eigenvalue weighted by molar-refractivity contribution is 6.25. The average molecular weight is 856 g/mol. The predicted molar refractivity (Wildman–Crippen MR) is 282 cm³/mol. The fraction of sp³-hybridized carbons (Fsp3) is 0.0161. The van der Waals surface area contributed by atoms with Gasteiger partial charge < -0.3 is 0 Å². The molecule has 0 fully saturated rings. The van der Waals surface area contributed by atoms with Crippen molar-refractivity contribution < 1.29 is 0 Å². The van der Waals surface area contributed by atoms with Crippen LogP contribution < -0.4 is 0 Å². The maximum absolute atomic E-state index is 5.49. The lowest BCUT2D eigenvalue weighted by atomic mass is 9.92. The van der Waals surface area contributed by atoms with Crippen molar-refractivity contribution in [1.29, 1.82) is 0 Å². The van der Waals surface area contributed by atoms with Gasteiger partial charge in [0.15, 0.2) is 5.82 Å². The molecule has 9 aromatic carbocycles. The molecule has 5 nitrogen and oxygen atoms in total. The highest BCUT2D eigenvalue weighted by Gasteiger charge is 2.20. The zero-order valence-corrected chi connectivity index (χ0v) is 36.7. The summed E-state index contributed by atoms with van der Waals surface area (Å²) in [6.45, 7) is 5.93. The van der Waals surface area contributed by atoms with Crippen LogP contribution in [0.3, 0.4) is 0 Å². The minimum atomic E-state index is 0.621. The fourth-order valence-corrected chi connectivity index (χ4v) is 9.68. The molecular formula is C62H41N5. The van der Waals surface area contributed by atoms with Crippen molar-refractivity contribution in [1.82, 2.24) is 19.9 Å². The van der Waals surface area contributed by atoms with Crippen LogP contribution in [0.15, 0.2) is 217 Å². The summed E-state index contributed by atoms with van der Waals surface area (Å²) in [5.74, 6) is 0.621. The second-order valence-corrected chi connectivity index (χ2v) is 16.8. The number of allylic oxidation sites excluding steroid dienone is 1. The van der Waals surface area contributed by atoms with Crippen LogP contribution >= 0.6 is 0 Å². The Kier molecular flexibility index (Phi) is 9.80. The van der Waals surface area contributed by atoms with Gasteiger partial charge in [-0.15, -0.1) is 0 Å². The quantitative estimate of drug-likeness (QED) is 0.113. The molecule has 0 aliphatic carbocycles. The van der Waals surface area contributed by atoms with Crippen LogP contribution in [0.4, 0.5) is 5.69 Å². The summed E-state index contributed by atoms with van der Waals surface area (Å²) in [5.41, 5.74) is 14.5. The number of aromatic nitrogens is 4. The van der Waals surface area contributed by atoms with Crippen LogP contribution in [0.25, 0.3) is 128 Å². The monoisotopic (exact) mass is 855 g/mol. The molecule has 12 rings (SSSR count). The van der Waals surface area contributed by atoms with E-state index in [1.807, 2.05) is 25.3 Å². The Morgan fingerprint density at radius 1 is 0.448 bits per heavy atom. The van der Waals surface area contributed by atoms with Gasteiger partial charge in [-0.05, 0) is 70.6 Å². The van der Waals surface area contributed by atoms with Gasteiger partial charge in [0.25, 0.3) is 0 Å². The summed E-state index contributed by atoms with van der Waals surface area (Å²) in [7, 11) is 0. The third-order valence-electron chi connectivity index (χ3n) is 12.9. The zero-order valence-electron chi connectivity index (χ0n) is 36.7. The number of benzene rings is 9. The average Bonchev–Trinajstić information content (AvgIpc) is 3.40. The first-order chi connectivity index (χ1) is 33.1. The summed E-state index contributed by atoms with van der Waals surface area (Å²) in [6, 6.07) is 70.4. The van der Waals surface area contributed by atoms with E-state index in [-0.39, 0.29) is 0 Å². The van der Waals surface area contributed by atoms with E-state index in [0.29, 0.717) is 5.82 Å². The minimum Gasteiger partial charge on any atom is -0.263 e. The van der Waals surface area contributed by atoms with Crippen LogP contribution in [0.1, 0.15) is 12.5 Å². The Balaban J connectivity index is 1.07. The van der Waals surface area contributed by atoms with Crippen LogP contribution in [-0.4, -0.2) is 26.7 Å². The third kappa shape index (κ3) is 7.02. The number of rotatable bonds is 8. The molecular weight excluding hydrogens is 815 g/mol. The number of nitrogens with zero attached hydrogens (tertiary/aromatic N) is 5. The summed E-state index contributed by atoms with van der Waals surface area (Å²) in [4.78, 5) is 25.6. The molecule has 0 unspecified atom stereocenters. The molecule has 12 aromatic rings. The molecule has 0 N–H and O–H groups in total. The van der Waals surface area contributed by atoms with Gasteiger partial charge in [0.1, 0.15) is 0 Å². The topological polar surface area (TPSA) is 63.9 Å². The standard InChI is InChI=1S/C62H41N5/c1-3-12-45-16-8-20-50(59(45)63-2)41-25-29-43(30-26-41)55-38-56(44-31-27-42(28-32-44)51-21-9-17-46-18-11-36-64-60(46)51)67-62(66-55)53-22-10-23-54-58(53)57-49-19-7-6-14-40(49)34-35-52(57)61(65-54)48-33-24-39-13-4-5-15-47(39)37-48/h3-38H,2H2,1H3/b12-3-. The van der Waals surface area contributed by atoms with Gasteiger partial charge >= 0.3 is 0 Å². The van der Waals surface area contributed by atoms with E-state index in [1.54, 1.807) is 0 Å². The molecule has 0 amide bonds. The van der Waals surface area contributed by atoms with Crippen LogP contribution in [0, 0.1) is 0 Å². The predicted octanol–water partition coefficient (Wildman–Crippen LogP) is 16.4. The number of para-hydroxylation sites is 2. The Bertz CT molecular complexity index is 3940. The summed E-state index contributed by atoms with van der Waals surface area (Å²) < 4.78 is 0. The molecule has 67 heavy (non-hydrogen) atoms. The highest BCUT2D eigenvalue weighted by Crippen LogP contribution is 2.42. The maximum Gasteiger partial charge on any atom is 0.161 e. The molecule has 0 bridgehead atoms. The maximum atomic E-state index is 5.49. The lowest BCUT2D eigenvalue weighted by molar-refractivity contribution is 1.19. The van der Waals surface area contributed by atoms with E-state index in [4.69, 9.17) is 19.9 Å². The van der Waals surface area contributed by atoms with E-state index in [1.165, 1.54) is 10.8 Å². The Morgan fingerprint density at radius 3 is 1.84 bits per heavy atom. The van der Waals surface area contributed by atoms with Crippen molar-refractivity contribution in [3.63, 3.8) is 0 Å². The third-order valence-corrected chi connectivity index (χ3v) is 12.9. The van der Waals surface area contributed by atoms with Gasteiger partial charge in [0, 0.05) is 66.7 Å². The van der Waals surface area contributed by atoms with Gasteiger partial charge in [-0.2, -0.15) is 0 Å². The number of aliphatic imine (C=N–C) groups is 1. The second kappa shape index (κ2) is 16.6. The Hall–Kier alpha value is -8.93. The van der Waals surface area contributed by atoms with Crippen molar-refractivity contribution >= 4 is 72.6 Å². The molecule has 0 aliphatic rings. The first-order valence-corrected chi connectivity index (χ1v) is 22.5. The van der Waals surface area contributed by atoms with Crippen molar-refractivity contribution in [2.24, 2.45) is 4.99 Å². The molecule has 0 spiro atoms. The summed E-state index contributed by atoms with van der Waals surface area (Å²) in [6.07, 6.45) is 5.94. The fourth-order valence-electron chi connectivity index (χ4n) is 9.68. The molecule has 0 saturated heterocycles. The van der Waals surface area contributed by atoms with Crippen molar-refractivity contribution in [2.45, 2.75) is 6.92 Å². The lowest BCUT2D eigenvalue weighted by Crippen LogP contribution is -1.98. The molecule has 0 atom stereocenters.